The lowest BCUT2D eigenvalue weighted by atomic mass is 10.1. The Kier molecular flexibility index (Phi) is 4.92. The van der Waals surface area contributed by atoms with E-state index in [9.17, 15) is 20.0 Å². The highest BCUT2D eigenvalue weighted by atomic mass is 16.6. The summed E-state index contributed by atoms with van der Waals surface area (Å²) < 4.78 is 1.33. The highest BCUT2D eigenvalue weighted by Crippen LogP contribution is 2.30. The average Bonchev–Trinajstić information content (AvgIpc) is 3.09. The van der Waals surface area contributed by atoms with Gasteiger partial charge in [-0.15, -0.1) is 5.11 Å². The normalized spacial score (nSPS) is 11.1. The molecule has 1 heterocycles. The van der Waals surface area contributed by atoms with E-state index in [0.29, 0.717) is 22.6 Å². The van der Waals surface area contributed by atoms with E-state index in [2.05, 4.69) is 15.3 Å². The lowest BCUT2D eigenvalue weighted by Crippen LogP contribution is -2.13. The number of benzene rings is 3. The lowest BCUT2D eigenvalue weighted by molar-refractivity contribution is -0.384. The molecule has 1 aromatic heterocycles. The Balaban J connectivity index is 1.85. The fourth-order valence-corrected chi connectivity index (χ4v) is 2.89. The monoisotopic (exact) mass is 401 g/mol. The van der Waals surface area contributed by atoms with Crippen molar-refractivity contribution in [1.29, 1.82) is 0 Å². The molecule has 30 heavy (non-hydrogen) atoms. The maximum Gasteiger partial charge on any atom is 0.299 e. The number of aromatic hydroxyl groups is 1. The number of rotatable bonds is 5. The summed E-state index contributed by atoms with van der Waals surface area (Å²) >= 11 is 0. The van der Waals surface area contributed by atoms with Crippen LogP contribution < -0.4 is 5.56 Å². The summed E-state index contributed by atoms with van der Waals surface area (Å²) in [5.41, 5.74) is 1.42. The smallest absolute Gasteiger partial charge is 0.299 e. The SMILES string of the molecule is O=c1c(N=Nc2cccc(O)c2)c(-c2ccc([N+](=O)[O-])cc2)[nH]n1-c1ccccc1. The number of nitro benzene ring substituents is 1. The Morgan fingerprint density at radius 2 is 1.67 bits per heavy atom. The van der Waals surface area contributed by atoms with Crippen LogP contribution in [0.25, 0.3) is 16.9 Å². The average molecular weight is 401 g/mol. The van der Waals surface area contributed by atoms with Crippen molar-refractivity contribution in [3.05, 3.63) is 99.3 Å². The minimum Gasteiger partial charge on any atom is -0.508 e. The third-order valence-corrected chi connectivity index (χ3v) is 4.34. The van der Waals surface area contributed by atoms with Crippen molar-refractivity contribution >= 4 is 17.1 Å². The van der Waals surface area contributed by atoms with Crippen LogP contribution in [0.3, 0.4) is 0 Å². The van der Waals surface area contributed by atoms with Gasteiger partial charge in [-0.25, -0.2) is 4.68 Å². The summed E-state index contributed by atoms with van der Waals surface area (Å²) in [7, 11) is 0. The second kappa shape index (κ2) is 7.84. The molecular weight excluding hydrogens is 386 g/mol. The van der Waals surface area contributed by atoms with Gasteiger partial charge in [0, 0.05) is 23.8 Å². The minimum absolute atomic E-state index is 0.0257. The summed E-state index contributed by atoms with van der Waals surface area (Å²) in [6.45, 7) is 0. The summed E-state index contributed by atoms with van der Waals surface area (Å²) in [6.07, 6.45) is 0. The molecule has 0 radical (unpaired) electrons. The molecule has 0 bridgehead atoms. The quantitative estimate of drug-likeness (QED) is 0.281. The summed E-state index contributed by atoms with van der Waals surface area (Å²) in [5.74, 6) is 0.0257. The zero-order valence-electron chi connectivity index (χ0n) is 15.5. The number of phenolic OH excluding ortho intramolecular Hbond substituents is 1. The Hall–Kier alpha value is -4.53. The molecule has 4 rings (SSSR count). The van der Waals surface area contributed by atoms with E-state index in [0.717, 1.165) is 0 Å². The number of nitrogens with one attached hydrogen (secondary N) is 1. The van der Waals surface area contributed by atoms with Crippen LogP contribution >= 0.6 is 0 Å². The van der Waals surface area contributed by atoms with E-state index < -0.39 is 10.5 Å². The van der Waals surface area contributed by atoms with E-state index >= 15 is 0 Å². The maximum absolute atomic E-state index is 13.0. The molecule has 9 nitrogen and oxygen atoms in total. The number of hydrogen-bond donors (Lipinski definition) is 2. The molecule has 0 unspecified atom stereocenters. The van der Waals surface area contributed by atoms with Crippen LogP contribution in [0, 0.1) is 10.1 Å². The van der Waals surface area contributed by atoms with E-state index in [-0.39, 0.29) is 17.1 Å². The van der Waals surface area contributed by atoms with Crippen LogP contribution in [0.5, 0.6) is 5.75 Å². The van der Waals surface area contributed by atoms with Crippen molar-refractivity contribution in [2.45, 2.75) is 0 Å². The van der Waals surface area contributed by atoms with E-state index in [1.165, 1.54) is 41.1 Å². The first-order valence-corrected chi connectivity index (χ1v) is 8.89. The van der Waals surface area contributed by atoms with Gasteiger partial charge in [-0.2, -0.15) is 5.11 Å². The van der Waals surface area contributed by atoms with Crippen LogP contribution in [0.15, 0.2) is 93.9 Å². The lowest BCUT2D eigenvalue weighted by Gasteiger charge is -2.01. The van der Waals surface area contributed by atoms with Gasteiger partial charge < -0.3 is 5.11 Å². The van der Waals surface area contributed by atoms with Crippen molar-refractivity contribution in [3.8, 4) is 22.7 Å². The number of hydrogen-bond acceptors (Lipinski definition) is 6. The van der Waals surface area contributed by atoms with E-state index in [1.807, 2.05) is 6.07 Å². The van der Waals surface area contributed by atoms with Crippen molar-refractivity contribution in [2.24, 2.45) is 10.2 Å². The van der Waals surface area contributed by atoms with Gasteiger partial charge in [0.05, 0.1) is 22.0 Å². The van der Waals surface area contributed by atoms with Crippen LogP contribution in [-0.4, -0.2) is 19.8 Å². The Labute approximate surface area is 169 Å². The molecule has 148 valence electrons. The molecule has 0 amide bonds. The second-order valence-corrected chi connectivity index (χ2v) is 6.34. The van der Waals surface area contributed by atoms with Crippen molar-refractivity contribution in [2.75, 3.05) is 0 Å². The van der Waals surface area contributed by atoms with Crippen LogP contribution in [0.2, 0.25) is 0 Å². The number of phenols is 1. The molecule has 0 saturated carbocycles. The zero-order valence-corrected chi connectivity index (χ0v) is 15.5. The molecule has 0 spiro atoms. The molecule has 0 aliphatic rings. The number of H-pyrrole nitrogens is 1. The maximum atomic E-state index is 13.0. The van der Waals surface area contributed by atoms with E-state index in [1.54, 1.807) is 36.4 Å². The second-order valence-electron chi connectivity index (χ2n) is 6.34. The van der Waals surface area contributed by atoms with Crippen molar-refractivity contribution in [3.63, 3.8) is 0 Å². The molecule has 2 N–H and O–H groups in total. The van der Waals surface area contributed by atoms with Gasteiger partial charge in [-0.05, 0) is 36.4 Å². The summed E-state index contributed by atoms with van der Waals surface area (Å²) in [4.78, 5) is 23.5. The van der Waals surface area contributed by atoms with Gasteiger partial charge in [-0.3, -0.25) is 20.0 Å². The van der Waals surface area contributed by atoms with Gasteiger partial charge in [0.2, 0.25) is 0 Å². The third kappa shape index (κ3) is 3.72. The van der Waals surface area contributed by atoms with Gasteiger partial charge in [0.25, 0.3) is 11.2 Å². The molecule has 0 aliphatic heterocycles. The first-order chi connectivity index (χ1) is 14.5. The van der Waals surface area contributed by atoms with Crippen LogP contribution in [0.4, 0.5) is 17.1 Å². The predicted molar refractivity (Wildman–Crippen MR) is 111 cm³/mol. The first kappa shape index (κ1) is 18.8. The highest BCUT2D eigenvalue weighted by Gasteiger charge is 2.18. The third-order valence-electron chi connectivity index (χ3n) is 4.34. The van der Waals surface area contributed by atoms with Crippen LogP contribution in [-0.2, 0) is 0 Å². The number of nitrogens with zero attached hydrogens (tertiary/aromatic N) is 4. The predicted octanol–water partition coefficient (Wildman–Crippen LogP) is 4.86. The first-order valence-electron chi connectivity index (χ1n) is 8.89. The number of aromatic amines is 1. The molecule has 0 atom stereocenters. The molecule has 0 aliphatic carbocycles. The van der Waals surface area contributed by atoms with Crippen molar-refractivity contribution in [1.82, 2.24) is 9.78 Å². The van der Waals surface area contributed by atoms with E-state index in [4.69, 9.17) is 0 Å². The summed E-state index contributed by atoms with van der Waals surface area (Å²) in [5, 5.41) is 31.7. The number of non-ortho nitro benzene ring substituents is 1. The number of aromatic nitrogens is 2. The largest absolute Gasteiger partial charge is 0.508 e. The molecule has 0 saturated heterocycles. The van der Waals surface area contributed by atoms with Gasteiger partial charge >= 0.3 is 0 Å². The van der Waals surface area contributed by atoms with Gasteiger partial charge in [0.15, 0.2) is 5.69 Å². The number of nitro groups is 1. The minimum atomic E-state index is -0.496. The standard InChI is InChI=1S/C21H15N5O4/c27-18-8-4-5-15(13-18)22-23-20-19(14-9-11-17(12-10-14)26(29)30)24-25(21(20)28)16-6-2-1-3-7-16/h1-13,24,27H. The molecule has 3 aromatic carbocycles. The summed E-state index contributed by atoms with van der Waals surface area (Å²) in [6, 6.07) is 20.9. The Morgan fingerprint density at radius 1 is 0.933 bits per heavy atom. The fraction of sp³-hybridized carbons (Fsp3) is 0. The van der Waals surface area contributed by atoms with Gasteiger partial charge in [0.1, 0.15) is 5.75 Å². The number of azo groups is 1. The highest BCUT2D eigenvalue weighted by molar-refractivity contribution is 5.72. The van der Waals surface area contributed by atoms with Gasteiger partial charge in [-0.1, -0.05) is 24.3 Å². The Bertz CT molecular complexity index is 1290. The van der Waals surface area contributed by atoms with Crippen LogP contribution in [0.1, 0.15) is 0 Å². The molecule has 4 aromatic rings. The molecular formula is C21H15N5O4. The Morgan fingerprint density at radius 3 is 2.33 bits per heavy atom. The number of para-hydroxylation sites is 1. The van der Waals surface area contributed by atoms with Crippen molar-refractivity contribution < 1.29 is 10.0 Å². The molecule has 0 fully saturated rings. The fourth-order valence-electron chi connectivity index (χ4n) is 2.89. The molecule has 9 heteroatoms. The topological polar surface area (TPSA) is 126 Å². The zero-order chi connectivity index (χ0) is 21.1.